The average Bonchev–Trinajstić information content (AvgIpc) is 2.65. The number of aromatic nitrogens is 2. The molecule has 2 N–H and O–H groups in total. The van der Waals surface area contributed by atoms with Crippen molar-refractivity contribution in [1.29, 1.82) is 0 Å². The number of hydrogen-bond acceptors (Lipinski definition) is 7. The van der Waals surface area contributed by atoms with Gasteiger partial charge in [0.2, 0.25) is 0 Å². The minimum Gasteiger partial charge on any atom is -0.388 e. The van der Waals surface area contributed by atoms with Gasteiger partial charge in [-0.15, -0.1) is 0 Å². The van der Waals surface area contributed by atoms with Crippen molar-refractivity contribution in [3.8, 4) is 0 Å². The topological polar surface area (TPSA) is 100 Å². The van der Waals surface area contributed by atoms with E-state index in [0.29, 0.717) is 10.2 Å². The molecular formula is C18H24Br2N2O4S2. The molecule has 0 fully saturated rings. The Hall–Kier alpha value is -0.520. The second-order valence-electron chi connectivity index (χ2n) is 6.06. The van der Waals surface area contributed by atoms with Gasteiger partial charge in [0.1, 0.15) is 19.0 Å². The smallest absolute Gasteiger partial charge is 0.147 e. The monoisotopic (exact) mass is 554 g/mol. The van der Waals surface area contributed by atoms with E-state index in [9.17, 15) is 18.6 Å². The van der Waals surface area contributed by atoms with Crippen molar-refractivity contribution in [2.24, 2.45) is 0 Å². The summed E-state index contributed by atoms with van der Waals surface area (Å²) in [4.78, 5) is 8.01. The van der Waals surface area contributed by atoms with Gasteiger partial charge in [-0.2, -0.15) is 11.8 Å². The quantitative estimate of drug-likeness (QED) is 0.476. The van der Waals surface area contributed by atoms with E-state index in [1.165, 1.54) is 6.20 Å². The molecule has 0 aliphatic carbocycles. The molecule has 0 saturated heterocycles. The van der Waals surface area contributed by atoms with E-state index in [2.05, 4.69) is 41.8 Å². The summed E-state index contributed by atoms with van der Waals surface area (Å²) in [6, 6.07) is 7.16. The number of pyridine rings is 2. The number of thioether (sulfide) groups is 1. The number of nitrogens with zero attached hydrogens (tertiary/aromatic N) is 2. The van der Waals surface area contributed by atoms with Gasteiger partial charge >= 0.3 is 0 Å². The number of halogens is 2. The standard InChI is InChI=1S/C9H12BrNO3S.C9H12BrNOS/c1-15(13,14)5-4-8(12)7-2-3-9(10)11-6-7;1-13-5-4-8(12)7-2-3-9(10)11-6-7/h2-3,6,8,12H,4-5H2,1H3;2-3,6,8,12H,4-5H2,1H3. The predicted molar refractivity (Wildman–Crippen MR) is 121 cm³/mol. The fraction of sp³-hybridized carbons (Fsp3) is 0.444. The Bertz CT molecular complexity index is 803. The molecule has 0 saturated carbocycles. The summed E-state index contributed by atoms with van der Waals surface area (Å²) in [6.07, 6.45) is 6.23. The van der Waals surface area contributed by atoms with Crippen molar-refractivity contribution in [3.63, 3.8) is 0 Å². The highest BCUT2D eigenvalue weighted by Gasteiger charge is 2.11. The van der Waals surface area contributed by atoms with Gasteiger partial charge in [0.05, 0.1) is 18.0 Å². The van der Waals surface area contributed by atoms with E-state index in [1.807, 2.05) is 18.4 Å². The van der Waals surface area contributed by atoms with Gasteiger partial charge in [-0.3, -0.25) is 0 Å². The second kappa shape index (κ2) is 12.9. The summed E-state index contributed by atoms with van der Waals surface area (Å²) in [7, 11) is -3.03. The van der Waals surface area contributed by atoms with Crippen molar-refractivity contribution < 1.29 is 18.6 Å². The predicted octanol–water partition coefficient (Wildman–Crippen LogP) is 3.94. The van der Waals surface area contributed by atoms with Crippen molar-refractivity contribution in [1.82, 2.24) is 9.97 Å². The van der Waals surface area contributed by atoms with Gasteiger partial charge in [0.25, 0.3) is 0 Å². The zero-order chi connectivity index (χ0) is 21.2. The van der Waals surface area contributed by atoms with Crippen LogP contribution in [0.3, 0.4) is 0 Å². The fourth-order valence-electron chi connectivity index (χ4n) is 2.06. The molecule has 0 aliphatic heterocycles. The van der Waals surface area contributed by atoms with Gasteiger partial charge in [0, 0.05) is 18.6 Å². The van der Waals surface area contributed by atoms with Gasteiger partial charge in [-0.25, -0.2) is 18.4 Å². The van der Waals surface area contributed by atoms with Crippen LogP contribution in [0, 0.1) is 0 Å². The lowest BCUT2D eigenvalue weighted by Crippen LogP contribution is -2.08. The van der Waals surface area contributed by atoms with Crippen molar-refractivity contribution >= 4 is 53.5 Å². The number of aliphatic hydroxyl groups excluding tert-OH is 2. The highest BCUT2D eigenvalue weighted by molar-refractivity contribution is 9.10. The first-order valence-corrected chi connectivity index (χ1v) is 13.4. The van der Waals surface area contributed by atoms with Crippen LogP contribution in [0.15, 0.2) is 45.9 Å². The van der Waals surface area contributed by atoms with Crippen LogP contribution in [0.25, 0.3) is 0 Å². The van der Waals surface area contributed by atoms with E-state index in [-0.39, 0.29) is 18.3 Å². The van der Waals surface area contributed by atoms with Crippen molar-refractivity contribution in [2.75, 3.05) is 24.0 Å². The molecule has 0 spiro atoms. The summed E-state index contributed by atoms with van der Waals surface area (Å²) in [5.74, 6) is 0.946. The van der Waals surface area contributed by atoms with Crippen LogP contribution in [0.5, 0.6) is 0 Å². The minimum absolute atomic E-state index is 0.0236. The van der Waals surface area contributed by atoms with Crippen LogP contribution < -0.4 is 0 Å². The maximum atomic E-state index is 10.9. The highest BCUT2D eigenvalue weighted by atomic mass is 79.9. The molecule has 2 heterocycles. The lowest BCUT2D eigenvalue weighted by molar-refractivity contribution is 0.174. The van der Waals surface area contributed by atoms with Crippen LogP contribution in [0.2, 0.25) is 0 Å². The molecule has 2 aromatic heterocycles. The molecular weight excluding hydrogens is 532 g/mol. The van der Waals surface area contributed by atoms with Crippen LogP contribution in [-0.4, -0.2) is 52.6 Å². The Morgan fingerprint density at radius 3 is 1.79 bits per heavy atom. The van der Waals surface area contributed by atoms with E-state index in [1.54, 1.807) is 30.1 Å². The lowest BCUT2D eigenvalue weighted by Gasteiger charge is -2.09. The first kappa shape index (κ1) is 25.5. The van der Waals surface area contributed by atoms with E-state index >= 15 is 0 Å². The number of sulfone groups is 1. The molecule has 2 unspecified atom stereocenters. The van der Waals surface area contributed by atoms with Crippen LogP contribution in [-0.2, 0) is 9.84 Å². The molecule has 0 amide bonds. The van der Waals surface area contributed by atoms with Gasteiger partial charge in [0.15, 0.2) is 0 Å². The van der Waals surface area contributed by atoms with Gasteiger partial charge in [-0.1, -0.05) is 12.1 Å². The SMILES string of the molecule is CS(=O)(=O)CCC(O)c1ccc(Br)nc1.CSCCC(O)c1ccc(Br)nc1. The number of hydrogen-bond donors (Lipinski definition) is 2. The molecule has 2 rings (SSSR count). The first-order chi connectivity index (χ1) is 13.1. The third-order valence-electron chi connectivity index (χ3n) is 3.63. The normalized spacial score (nSPS) is 13.4. The van der Waals surface area contributed by atoms with Crippen LogP contribution >= 0.6 is 43.6 Å². The van der Waals surface area contributed by atoms with Crippen LogP contribution in [0.1, 0.15) is 36.2 Å². The summed E-state index contributed by atoms with van der Waals surface area (Å²) >= 11 is 8.17. The molecule has 156 valence electrons. The van der Waals surface area contributed by atoms with E-state index < -0.39 is 15.9 Å². The van der Waals surface area contributed by atoms with Crippen LogP contribution in [0.4, 0.5) is 0 Å². The molecule has 0 aromatic carbocycles. The zero-order valence-corrected chi connectivity index (χ0v) is 20.4. The van der Waals surface area contributed by atoms with Crippen molar-refractivity contribution in [3.05, 3.63) is 57.0 Å². The third-order valence-corrected chi connectivity index (χ3v) is 6.19. The Kier molecular flexibility index (Phi) is 11.8. The van der Waals surface area contributed by atoms with Gasteiger partial charge < -0.3 is 10.2 Å². The molecule has 28 heavy (non-hydrogen) atoms. The summed E-state index contributed by atoms with van der Waals surface area (Å²) in [5, 5.41) is 19.3. The first-order valence-electron chi connectivity index (χ1n) is 8.38. The lowest BCUT2D eigenvalue weighted by atomic mass is 10.1. The summed E-state index contributed by atoms with van der Waals surface area (Å²) in [6.45, 7) is 0. The molecule has 10 heteroatoms. The second-order valence-corrected chi connectivity index (χ2v) is 10.9. The maximum Gasteiger partial charge on any atom is 0.147 e. The largest absolute Gasteiger partial charge is 0.388 e. The Labute approximate surface area is 187 Å². The van der Waals surface area contributed by atoms with Crippen molar-refractivity contribution in [2.45, 2.75) is 25.0 Å². The molecule has 2 atom stereocenters. The van der Waals surface area contributed by atoms with Gasteiger partial charge in [-0.05, 0) is 80.0 Å². The minimum atomic E-state index is -3.03. The molecule has 0 bridgehead atoms. The molecule has 2 aromatic rings. The number of rotatable bonds is 8. The molecule has 0 aliphatic rings. The molecule has 0 radical (unpaired) electrons. The summed E-state index contributed by atoms with van der Waals surface area (Å²) < 4.78 is 23.3. The fourth-order valence-corrected chi connectivity index (χ4v) is 3.64. The maximum absolute atomic E-state index is 10.9. The Morgan fingerprint density at radius 2 is 1.43 bits per heavy atom. The Balaban J connectivity index is 0.000000283. The number of aliphatic hydroxyl groups is 2. The Morgan fingerprint density at radius 1 is 0.964 bits per heavy atom. The van der Waals surface area contributed by atoms with E-state index in [4.69, 9.17) is 0 Å². The zero-order valence-electron chi connectivity index (χ0n) is 15.6. The summed E-state index contributed by atoms with van der Waals surface area (Å²) in [5.41, 5.74) is 1.51. The third kappa shape index (κ3) is 10.9. The average molecular weight is 556 g/mol. The van der Waals surface area contributed by atoms with E-state index in [0.717, 1.165) is 28.6 Å². The molecule has 6 nitrogen and oxygen atoms in total. The highest BCUT2D eigenvalue weighted by Crippen LogP contribution is 2.19.